The molecule has 0 saturated carbocycles. The first-order valence-corrected chi connectivity index (χ1v) is 10.8. The summed E-state index contributed by atoms with van der Waals surface area (Å²) in [7, 11) is -2.13. The number of hydrogen-bond donors (Lipinski definition) is 1. The summed E-state index contributed by atoms with van der Waals surface area (Å²) in [6.07, 6.45) is 0. The van der Waals surface area contributed by atoms with Crippen molar-refractivity contribution < 1.29 is 27.4 Å². The lowest BCUT2D eigenvalue weighted by Crippen LogP contribution is -2.41. The van der Waals surface area contributed by atoms with Crippen LogP contribution in [0.3, 0.4) is 0 Å². The third kappa shape index (κ3) is 4.92. The van der Waals surface area contributed by atoms with Crippen LogP contribution in [0.2, 0.25) is 0 Å². The predicted octanol–water partition coefficient (Wildman–Crippen LogP) is 1.94. The fraction of sp³-hybridized carbons (Fsp3) is 0.350. The minimum atomic E-state index is -3.68. The van der Waals surface area contributed by atoms with E-state index in [1.54, 1.807) is 31.4 Å². The lowest BCUT2D eigenvalue weighted by molar-refractivity contribution is -0.119. The van der Waals surface area contributed by atoms with Crippen LogP contribution in [0.15, 0.2) is 42.5 Å². The van der Waals surface area contributed by atoms with Crippen LogP contribution in [0.5, 0.6) is 17.2 Å². The minimum absolute atomic E-state index is 0.138. The van der Waals surface area contributed by atoms with Crippen LogP contribution >= 0.6 is 0 Å². The number of rotatable bonds is 8. The molecule has 1 heterocycles. The third-order valence-corrected chi connectivity index (χ3v) is 6.21. The van der Waals surface area contributed by atoms with Gasteiger partial charge in [-0.3, -0.25) is 9.10 Å². The maximum absolute atomic E-state index is 12.6. The Hall–Kier alpha value is -2.94. The van der Waals surface area contributed by atoms with E-state index < -0.39 is 15.9 Å². The van der Waals surface area contributed by atoms with Gasteiger partial charge in [0.1, 0.15) is 25.5 Å². The fourth-order valence-corrected chi connectivity index (χ4v) is 3.98. The van der Waals surface area contributed by atoms with Crippen molar-refractivity contribution >= 4 is 21.6 Å². The number of amides is 1. The summed E-state index contributed by atoms with van der Waals surface area (Å²) in [5, 5.41) is 2.75. The summed E-state index contributed by atoms with van der Waals surface area (Å²) in [5.41, 5.74) is 1.15. The number of para-hydroxylation sites is 1. The Morgan fingerprint density at radius 1 is 1.14 bits per heavy atom. The molecule has 1 aliphatic rings. The van der Waals surface area contributed by atoms with E-state index in [1.165, 1.54) is 6.92 Å². The molecular weight excluding hydrogens is 396 g/mol. The summed E-state index contributed by atoms with van der Waals surface area (Å²) in [4.78, 5) is 12.5. The molecule has 0 unspecified atom stereocenters. The molecule has 2 aromatic rings. The number of anilines is 1. The monoisotopic (exact) mass is 420 g/mol. The summed E-state index contributed by atoms with van der Waals surface area (Å²) < 4.78 is 42.6. The second kappa shape index (κ2) is 9.04. The van der Waals surface area contributed by atoms with Crippen LogP contribution < -0.4 is 23.8 Å². The van der Waals surface area contributed by atoms with Crippen LogP contribution in [0.25, 0.3) is 0 Å². The highest BCUT2D eigenvalue weighted by atomic mass is 32.2. The molecule has 0 spiro atoms. The van der Waals surface area contributed by atoms with E-state index in [1.807, 2.05) is 18.2 Å². The second-order valence-corrected chi connectivity index (χ2v) is 8.51. The van der Waals surface area contributed by atoms with Gasteiger partial charge in [0.25, 0.3) is 0 Å². The van der Waals surface area contributed by atoms with Gasteiger partial charge in [0, 0.05) is 18.2 Å². The maximum atomic E-state index is 12.6. The van der Waals surface area contributed by atoms with Gasteiger partial charge in [0.15, 0.2) is 11.5 Å². The first-order chi connectivity index (χ1) is 13.9. The Labute approximate surface area is 170 Å². The Balaban J connectivity index is 1.77. The van der Waals surface area contributed by atoms with Gasteiger partial charge in [0.2, 0.25) is 15.9 Å². The molecule has 0 aliphatic carbocycles. The molecule has 0 fully saturated rings. The smallest absolute Gasteiger partial charge is 0.241 e. The third-order valence-electron chi connectivity index (χ3n) is 4.47. The molecule has 1 aliphatic heterocycles. The molecular formula is C20H24N2O6S. The topological polar surface area (TPSA) is 94.2 Å². The number of benzene rings is 2. The van der Waals surface area contributed by atoms with Crippen molar-refractivity contribution in [2.75, 3.05) is 36.9 Å². The minimum Gasteiger partial charge on any atom is -0.496 e. The summed E-state index contributed by atoms with van der Waals surface area (Å²) in [5.74, 6) is 1.09. The molecule has 0 bridgehead atoms. The summed E-state index contributed by atoms with van der Waals surface area (Å²) >= 11 is 0. The Morgan fingerprint density at radius 2 is 1.86 bits per heavy atom. The second-order valence-electron chi connectivity index (χ2n) is 6.32. The first-order valence-electron chi connectivity index (χ1n) is 9.23. The van der Waals surface area contributed by atoms with Crippen molar-refractivity contribution in [2.45, 2.75) is 13.5 Å². The van der Waals surface area contributed by atoms with Gasteiger partial charge < -0.3 is 19.5 Å². The quantitative estimate of drug-likeness (QED) is 0.701. The molecule has 0 aromatic heterocycles. The molecule has 2 aromatic carbocycles. The maximum Gasteiger partial charge on any atom is 0.241 e. The largest absolute Gasteiger partial charge is 0.496 e. The van der Waals surface area contributed by atoms with Crippen LogP contribution in [0.4, 0.5) is 5.69 Å². The van der Waals surface area contributed by atoms with E-state index in [2.05, 4.69) is 5.32 Å². The summed E-state index contributed by atoms with van der Waals surface area (Å²) in [6, 6.07) is 12.1. The highest BCUT2D eigenvalue weighted by Gasteiger charge is 2.25. The molecule has 0 atom stereocenters. The van der Waals surface area contributed by atoms with Gasteiger partial charge in [0.05, 0.1) is 18.6 Å². The fourth-order valence-electron chi connectivity index (χ4n) is 2.92. The van der Waals surface area contributed by atoms with Crippen molar-refractivity contribution in [2.24, 2.45) is 0 Å². The van der Waals surface area contributed by atoms with Gasteiger partial charge in [-0.05, 0) is 25.1 Å². The average Bonchev–Trinajstić information content (AvgIpc) is 2.75. The van der Waals surface area contributed by atoms with Gasteiger partial charge in [-0.2, -0.15) is 0 Å². The van der Waals surface area contributed by atoms with E-state index in [0.717, 1.165) is 9.87 Å². The number of methoxy groups -OCH3 is 1. The van der Waals surface area contributed by atoms with Crippen LogP contribution in [0.1, 0.15) is 12.5 Å². The number of nitrogens with one attached hydrogen (secondary N) is 1. The van der Waals surface area contributed by atoms with E-state index >= 15 is 0 Å². The van der Waals surface area contributed by atoms with Gasteiger partial charge in [-0.15, -0.1) is 0 Å². The lowest BCUT2D eigenvalue weighted by atomic mass is 10.2. The molecule has 1 N–H and O–H groups in total. The van der Waals surface area contributed by atoms with Gasteiger partial charge in [-0.25, -0.2) is 8.42 Å². The zero-order chi connectivity index (χ0) is 20.9. The number of hydrogen-bond acceptors (Lipinski definition) is 6. The molecule has 8 nitrogen and oxygen atoms in total. The SMILES string of the molecule is CCS(=O)(=O)N(CC(=O)NCc1ccccc1OC)c1ccc2c(c1)OCCO2. The first kappa shape index (κ1) is 20.8. The highest BCUT2D eigenvalue weighted by molar-refractivity contribution is 7.92. The number of sulfonamides is 1. The van der Waals surface area contributed by atoms with Crippen LogP contribution in [-0.4, -0.2) is 46.9 Å². The molecule has 3 rings (SSSR count). The summed E-state index contributed by atoms with van der Waals surface area (Å²) in [6.45, 7) is 2.24. The van der Waals surface area contributed by atoms with Crippen molar-refractivity contribution in [1.82, 2.24) is 5.32 Å². The number of nitrogens with zero attached hydrogens (tertiary/aromatic N) is 1. The standard InChI is InChI=1S/C20H24N2O6S/c1-3-29(24,25)22(16-8-9-18-19(12-16)28-11-10-27-18)14-20(23)21-13-15-6-4-5-7-17(15)26-2/h4-9,12H,3,10-11,13-14H2,1-2H3,(H,21,23). The molecule has 0 radical (unpaired) electrons. The number of ether oxygens (including phenoxy) is 3. The zero-order valence-electron chi connectivity index (χ0n) is 16.4. The Bertz CT molecular complexity index is 977. The van der Waals surface area contributed by atoms with Gasteiger partial charge >= 0.3 is 0 Å². The van der Waals surface area contributed by atoms with Crippen molar-refractivity contribution in [3.05, 3.63) is 48.0 Å². The molecule has 9 heteroatoms. The van der Waals surface area contributed by atoms with Crippen LogP contribution in [0, 0.1) is 0 Å². The van der Waals surface area contributed by atoms with E-state index in [9.17, 15) is 13.2 Å². The average molecular weight is 420 g/mol. The van der Waals surface area contributed by atoms with Gasteiger partial charge in [-0.1, -0.05) is 18.2 Å². The number of fused-ring (bicyclic) bond motifs is 1. The van der Waals surface area contributed by atoms with E-state index in [-0.39, 0.29) is 18.8 Å². The predicted molar refractivity (Wildman–Crippen MR) is 109 cm³/mol. The Kier molecular flexibility index (Phi) is 6.48. The highest BCUT2D eigenvalue weighted by Crippen LogP contribution is 2.34. The lowest BCUT2D eigenvalue weighted by Gasteiger charge is -2.25. The van der Waals surface area contributed by atoms with E-state index in [0.29, 0.717) is 36.1 Å². The normalized spacial score (nSPS) is 12.9. The molecule has 0 saturated heterocycles. The number of carbonyl (C=O) groups is 1. The van der Waals surface area contributed by atoms with Crippen molar-refractivity contribution in [1.29, 1.82) is 0 Å². The van der Waals surface area contributed by atoms with Crippen molar-refractivity contribution in [3.63, 3.8) is 0 Å². The molecule has 1 amide bonds. The van der Waals surface area contributed by atoms with Crippen molar-refractivity contribution in [3.8, 4) is 17.2 Å². The molecule has 29 heavy (non-hydrogen) atoms. The van der Waals surface area contributed by atoms with Crippen LogP contribution in [-0.2, 0) is 21.4 Å². The van der Waals surface area contributed by atoms with E-state index in [4.69, 9.17) is 14.2 Å². The Morgan fingerprint density at radius 3 is 2.59 bits per heavy atom. The number of carbonyl (C=O) groups excluding carboxylic acids is 1. The molecule has 156 valence electrons. The zero-order valence-corrected chi connectivity index (χ0v) is 17.2.